The van der Waals surface area contributed by atoms with E-state index in [0.29, 0.717) is 36.6 Å². The van der Waals surface area contributed by atoms with Crippen LogP contribution in [0.15, 0.2) is 42.5 Å². The molecule has 1 fully saturated rings. The molecule has 1 aliphatic rings. The molecule has 1 atom stereocenters. The Kier molecular flexibility index (Phi) is 6.18. The van der Waals surface area contributed by atoms with Crippen molar-refractivity contribution in [2.24, 2.45) is 7.05 Å². The van der Waals surface area contributed by atoms with E-state index in [1.807, 2.05) is 29.8 Å². The molecule has 0 aliphatic carbocycles. The highest BCUT2D eigenvalue weighted by molar-refractivity contribution is 6.05. The summed E-state index contributed by atoms with van der Waals surface area (Å²) in [5.41, 5.74) is 2.97. The Balaban J connectivity index is 1.40. The van der Waals surface area contributed by atoms with Gasteiger partial charge in [0.15, 0.2) is 0 Å². The monoisotopic (exact) mass is 422 g/mol. The maximum atomic E-state index is 12.5. The van der Waals surface area contributed by atoms with Crippen LogP contribution in [0.4, 0.5) is 5.69 Å². The summed E-state index contributed by atoms with van der Waals surface area (Å²) >= 11 is 0. The molecule has 2 heterocycles. The van der Waals surface area contributed by atoms with Crippen molar-refractivity contribution in [1.29, 1.82) is 0 Å². The van der Waals surface area contributed by atoms with Crippen LogP contribution in [-0.4, -0.2) is 47.7 Å². The van der Waals surface area contributed by atoms with Crippen LogP contribution in [0.1, 0.15) is 29.0 Å². The quantitative estimate of drug-likeness (QED) is 0.611. The number of hydrogen-bond donors (Lipinski definition) is 2. The average Bonchev–Trinajstić information content (AvgIpc) is 3.42. The van der Waals surface area contributed by atoms with Crippen molar-refractivity contribution in [1.82, 2.24) is 14.9 Å². The molecule has 8 heteroatoms. The summed E-state index contributed by atoms with van der Waals surface area (Å²) in [4.78, 5) is 29.3. The minimum atomic E-state index is -0.322. The van der Waals surface area contributed by atoms with Crippen LogP contribution in [0.3, 0.4) is 0 Å². The van der Waals surface area contributed by atoms with Gasteiger partial charge in [0.05, 0.1) is 18.1 Å². The van der Waals surface area contributed by atoms with Gasteiger partial charge in [-0.2, -0.15) is 0 Å². The molecule has 4 rings (SSSR count). The molecule has 0 spiro atoms. The normalized spacial score (nSPS) is 15.7. The van der Waals surface area contributed by atoms with E-state index in [4.69, 9.17) is 9.47 Å². The van der Waals surface area contributed by atoms with Gasteiger partial charge in [-0.15, -0.1) is 0 Å². The van der Waals surface area contributed by atoms with Crippen LogP contribution < -0.4 is 15.4 Å². The highest BCUT2D eigenvalue weighted by Gasteiger charge is 2.23. The van der Waals surface area contributed by atoms with Crippen molar-refractivity contribution < 1.29 is 19.1 Å². The number of carbonyl (C=O) groups is 2. The van der Waals surface area contributed by atoms with Gasteiger partial charge in [-0.1, -0.05) is 0 Å². The Morgan fingerprint density at radius 3 is 2.74 bits per heavy atom. The maximum Gasteiger partial charge on any atom is 0.255 e. The zero-order valence-electron chi connectivity index (χ0n) is 17.7. The Morgan fingerprint density at radius 2 is 2.03 bits per heavy atom. The van der Waals surface area contributed by atoms with Gasteiger partial charge >= 0.3 is 0 Å². The highest BCUT2D eigenvalue weighted by Crippen LogP contribution is 2.21. The highest BCUT2D eigenvalue weighted by atomic mass is 16.5. The molecular weight excluding hydrogens is 396 g/mol. The molecule has 162 valence electrons. The molecule has 0 bridgehead atoms. The number of fused-ring (bicyclic) bond motifs is 1. The van der Waals surface area contributed by atoms with Crippen molar-refractivity contribution >= 4 is 28.5 Å². The van der Waals surface area contributed by atoms with Gasteiger partial charge in [0.25, 0.3) is 5.91 Å². The second-order valence-corrected chi connectivity index (χ2v) is 7.52. The number of hydrogen-bond acceptors (Lipinski definition) is 5. The molecule has 0 saturated carbocycles. The number of anilines is 1. The fraction of sp³-hybridized carbons (Fsp3) is 0.348. The molecule has 2 N–H and O–H groups in total. The van der Waals surface area contributed by atoms with Crippen LogP contribution in [0.2, 0.25) is 0 Å². The summed E-state index contributed by atoms with van der Waals surface area (Å²) in [5, 5.41) is 5.83. The van der Waals surface area contributed by atoms with Crippen LogP contribution >= 0.6 is 0 Å². The second kappa shape index (κ2) is 9.18. The van der Waals surface area contributed by atoms with Gasteiger partial charge in [-0.25, -0.2) is 4.98 Å². The number of nitrogens with zero attached hydrogens (tertiary/aromatic N) is 2. The van der Waals surface area contributed by atoms with Crippen molar-refractivity contribution in [2.45, 2.75) is 25.4 Å². The lowest BCUT2D eigenvalue weighted by Gasteiger charge is -2.10. The molecule has 3 aromatic rings. The topological polar surface area (TPSA) is 94.5 Å². The first-order chi connectivity index (χ1) is 15.0. The average molecular weight is 422 g/mol. The molecule has 31 heavy (non-hydrogen) atoms. The van der Waals surface area contributed by atoms with E-state index in [9.17, 15) is 9.59 Å². The number of nitrogens with one attached hydrogen (secondary N) is 2. The minimum absolute atomic E-state index is 0.0557. The van der Waals surface area contributed by atoms with Crippen LogP contribution in [0.25, 0.3) is 11.0 Å². The number of rotatable bonds is 7. The molecule has 8 nitrogen and oxygen atoms in total. The summed E-state index contributed by atoms with van der Waals surface area (Å²) < 4.78 is 12.5. The van der Waals surface area contributed by atoms with E-state index >= 15 is 0 Å². The van der Waals surface area contributed by atoms with E-state index in [-0.39, 0.29) is 17.9 Å². The van der Waals surface area contributed by atoms with Crippen molar-refractivity contribution in [3.05, 3.63) is 53.9 Å². The summed E-state index contributed by atoms with van der Waals surface area (Å²) in [6, 6.07) is 12.6. The Morgan fingerprint density at radius 1 is 1.23 bits per heavy atom. The smallest absolute Gasteiger partial charge is 0.255 e. The molecule has 1 saturated heterocycles. The zero-order chi connectivity index (χ0) is 21.8. The van der Waals surface area contributed by atoms with Gasteiger partial charge in [0.2, 0.25) is 5.91 Å². The third-order valence-corrected chi connectivity index (χ3v) is 5.45. The van der Waals surface area contributed by atoms with Crippen LogP contribution in [0, 0.1) is 0 Å². The number of benzene rings is 2. The molecule has 1 aromatic heterocycles. The predicted octanol–water partition coefficient (Wildman–Crippen LogP) is 2.67. The second-order valence-electron chi connectivity index (χ2n) is 7.52. The largest absolute Gasteiger partial charge is 0.497 e. The Hall–Kier alpha value is -3.39. The molecule has 0 unspecified atom stereocenters. The first kappa shape index (κ1) is 20.9. The van der Waals surface area contributed by atoms with Gasteiger partial charge in [-0.05, 0) is 55.3 Å². The lowest BCUT2D eigenvalue weighted by atomic mass is 10.2. The van der Waals surface area contributed by atoms with Crippen molar-refractivity contribution in [3.8, 4) is 5.75 Å². The summed E-state index contributed by atoms with van der Waals surface area (Å²) in [6.45, 7) is 1.15. The number of ether oxygens (including phenoxy) is 2. The van der Waals surface area contributed by atoms with Gasteiger partial charge < -0.3 is 24.7 Å². The first-order valence-electron chi connectivity index (χ1n) is 10.4. The van der Waals surface area contributed by atoms with E-state index in [2.05, 4.69) is 15.6 Å². The number of aryl methyl sites for hydroxylation is 1. The lowest BCUT2D eigenvalue weighted by Crippen LogP contribution is -2.35. The number of aromatic nitrogens is 2. The first-order valence-corrected chi connectivity index (χ1v) is 10.4. The number of amides is 2. The van der Waals surface area contributed by atoms with Crippen molar-refractivity contribution in [2.75, 3.05) is 25.6 Å². The van der Waals surface area contributed by atoms with Gasteiger partial charge in [0.1, 0.15) is 17.7 Å². The third kappa shape index (κ3) is 4.69. The molecule has 2 amide bonds. The molecule has 2 aromatic carbocycles. The summed E-state index contributed by atoms with van der Waals surface area (Å²) in [7, 11) is 3.53. The van der Waals surface area contributed by atoms with E-state index in [1.54, 1.807) is 31.4 Å². The predicted molar refractivity (Wildman–Crippen MR) is 117 cm³/mol. The fourth-order valence-corrected chi connectivity index (χ4v) is 3.69. The van der Waals surface area contributed by atoms with Crippen molar-refractivity contribution in [3.63, 3.8) is 0 Å². The van der Waals surface area contributed by atoms with E-state index < -0.39 is 0 Å². The fourth-order valence-electron chi connectivity index (χ4n) is 3.69. The Bertz CT molecular complexity index is 1080. The van der Waals surface area contributed by atoms with Gasteiger partial charge in [-0.3, -0.25) is 9.59 Å². The van der Waals surface area contributed by atoms with Crippen LogP contribution in [0.5, 0.6) is 5.75 Å². The maximum absolute atomic E-state index is 12.5. The number of carbonyl (C=O) groups excluding carboxylic acids is 2. The number of methoxy groups -OCH3 is 1. The lowest BCUT2D eigenvalue weighted by molar-refractivity contribution is -0.130. The summed E-state index contributed by atoms with van der Waals surface area (Å²) in [6.07, 6.45) is 2.00. The standard InChI is InChI=1S/C23H26N4O4/c1-27-19-10-7-16(25-22(28)15-5-8-17(30-2)9-6-15)14-18(19)26-21(27)11-12-24-23(29)20-4-3-13-31-20/h5-10,14,20H,3-4,11-13H2,1-2H3,(H,24,29)(H,25,28)/t20-/m1/s1. The molecule has 1 aliphatic heterocycles. The molecular formula is C23H26N4O4. The third-order valence-electron chi connectivity index (χ3n) is 5.45. The van der Waals surface area contributed by atoms with E-state index in [0.717, 1.165) is 29.7 Å². The van der Waals surface area contributed by atoms with Gasteiger partial charge in [0, 0.05) is 37.9 Å². The number of imidazole rings is 1. The zero-order valence-corrected chi connectivity index (χ0v) is 17.7. The SMILES string of the molecule is COc1ccc(C(=O)Nc2ccc3c(c2)nc(CCNC(=O)[C@H]2CCCO2)n3C)cc1. The summed E-state index contributed by atoms with van der Waals surface area (Å²) in [5.74, 6) is 1.31. The minimum Gasteiger partial charge on any atom is -0.497 e. The Labute approximate surface area is 180 Å². The van der Waals surface area contributed by atoms with Crippen LogP contribution in [-0.2, 0) is 23.0 Å². The van der Waals surface area contributed by atoms with E-state index in [1.165, 1.54) is 0 Å². The molecule has 0 radical (unpaired) electrons.